The first-order chi connectivity index (χ1) is 19.2. The van der Waals surface area contributed by atoms with Crippen LogP contribution in [0.4, 0.5) is 19.3 Å². The number of esters is 1. The molecule has 9 nitrogen and oxygen atoms in total. The number of anilines is 1. The topological polar surface area (TPSA) is 133 Å². The maximum Gasteiger partial charge on any atom is 0.411 e. The smallest absolute Gasteiger partial charge is 0.411 e. The Kier molecular flexibility index (Phi) is 8.69. The molecule has 1 aliphatic heterocycles. The quantitative estimate of drug-likeness (QED) is 0.321. The van der Waals surface area contributed by atoms with Crippen LogP contribution in [0.2, 0.25) is 5.02 Å². The fraction of sp³-hybridized carbons (Fsp3) is 0.286. The number of ether oxygens (including phenoxy) is 1. The lowest BCUT2D eigenvalue weighted by Gasteiger charge is -2.35. The van der Waals surface area contributed by atoms with Gasteiger partial charge in [0.05, 0.1) is 10.6 Å². The lowest BCUT2D eigenvalue weighted by Crippen LogP contribution is -2.51. The number of alkyl halides is 2. The number of sulfonamides is 1. The third kappa shape index (κ3) is 6.51. The van der Waals surface area contributed by atoms with Gasteiger partial charge in [-0.3, -0.25) is 9.69 Å². The lowest BCUT2D eigenvalue weighted by atomic mass is 9.86. The van der Waals surface area contributed by atoms with E-state index in [2.05, 4.69) is 4.72 Å². The summed E-state index contributed by atoms with van der Waals surface area (Å²) in [6, 6.07) is 16.1. The number of nitrogens with one attached hydrogen (secondary N) is 1. The maximum absolute atomic E-state index is 15.5. The van der Waals surface area contributed by atoms with E-state index < -0.39 is 64.8 Å². The molecule has 1 heterocycles. The molecule has 4 rings (SSSR count). The van der Waals surface area contributed by atoms with E-state index in [1.165, 1.54) is 24.3 Å². The minimum Gasteiger partial charge on any atom is -0.465 e. The summed E-state index contributed by atoms with van der Waals surface area (Å²) in [6.45, 7) is -0.189. The Bertz CT molecular complexity index is 1540. The van der Waals surface area contributed by atoms with Crippen molar-refractivity contribution < 1.29 is 41.7 Å². The van der Waals surface area contributed by atoms with Crippen LogP contribution in [-0.2, 0) is 31.6 Å². The van der Waals surface area contributed by atoms with Gasteiger partial charge in [0.1, 0.15) is 12.6 Å². The first-order valence-electron chi connectivity index (χ1n) is 12.4. The molecule has 0 aliphatic carbocycles. The Labute approximate surface area is 240 Å². The number of hydrogen-bond donors (Lipinski definition) is 3. The molecular weight excluding hydrogens is 582 g/mol. The fourth-order valence-electron chi connectivity index (χ4n) is 4.51. The van der Waals surface area contributed by atoms with Gasteiger partial charge >= 0.3 is 12.1 Å². The van der Waals surface area contributed by atoms with E-state index in [4.69, 9.17) is 16.3 Å². The molecule has 1 unspecified atom stereocenters. The van der Waals surface area contributed by atoms with E-state index in [-0.39, 0.29) is 22.0 Å². The van der Waals surface area contributed by atoms with Crippen molar-refractivity contribution in [2.45, 2.75) is 42.2 Å². The van der Waals surface area contributed by atoms with Gasteiger partial charge in [0.2, 0.25) is 10.0 Å². The van der Waals surface area contributed by atoms with Crippen LogP contribution in [0.25, 0.3) is 0 Å². The second kappa shape index (κ2) is 11.7. The number of rotatable bonds is 8. The zero-order chi connectivity index (χ0) is 30.0. The SMILES string of the molecule is Cc1ccc(S(=O)(=O)NC(Cc2ccccc2)C(=O)OC[C@]2(O)c3cc(Cl)ccc3N(C(=O)O)CCC2(F)F)cc1. The van der Waals surface area contributed by atoms with Crippen LogP contribution >= 0.6 is 11.6 Å². The molecular formula is C28H27ClF2N2O7S. The van der Waals surface area contributed by atoms with Crippen molar-refractivity contribution in [3.05, 3.63) is 94.5 Å². The Morgan fingerprint density at radius 3 is 2.39 bits per heavy atom. The highest BCUT2D eigenvalue weighted by Gasteiger charge is 2.58. The molecule has 3 N–H and O–H groups in total. The highest BCUT2D eigenvalue weighted by Crippen LogP contribution is 2.47. The Hall–Kier alpha value is -3.58. The molecule has 2 atom stereocenters. The molecule has 0 spiro atoms. The fourth-order valence-corrected chi connectivity index (χ4v) is 5.86. The zero-order valence-corrected chi connectivity index (χ0v) is 23.3. The van der Waals surface area contributed by atoms with E-state index in [1.54, 1.807) is 49.4 Å². The van der Waals surface area contributed by atoms with Crippen LogP contribution in [-0.4, -0.2) is 55.8 Å². The Morgan fingerprint density at radius 1 is 1.10 bits per heavy atom. The van der Waals surface area contributed by atoms with Gasteiger partial charge in [0.25, 0.3) is 5.92 Å². The minimum atomic E-state index is -4.25. The average molecular weight is 609 g/mol. The molecule has 0 fully saturated rings. The summed E-state index contributed by atoms with van der Waals surface area (Å²) >= 11 is 6.02. The molecule has 0 aromatic heterocycles. The third-order valence-electron chi connectivity index (χ3n) is 6.80. The molecule has 0 saturated carbocycles. The number of hydrogen-bond acceptors (Lipinski definition) is 6. The van der Waals surface area contributed by atoms with Crippen LogP contribution in [0.15, 0.2) is 77.7 Å². The minimum absolute atomic E-state index is 0.0654. The number of benzene rings is 3. The summed E-state index contributed by atoms with van der Waals surface area (Å²) in [7, 11) is -4.25. The van der Waals surface area contributed by atoms with Gasteiger partial charge in [0, 0.05) is 23.6 Å². The van der Waals surface area contributed by atoms with E-state index in [1.807, 2.05) is 0 Å². The molecule has 3 aromatic rings. The third-order valence-corrected chi connectivity index (χ3v) is 8.52. The van der Waals surface area contributed by atoms with Crippen molar-refractivity contribution in [1.82, 2.24) is 4.72 Å². The second-order valence-electron chi connectivity index (χ2n) is 9.69. The first kappa shape index (κ1) is 30.4. The Morgan fingerprint density at radius 2 is 1.76 bits per heavy atom. The second-order valence-corrected chi connectivity index (χ2v) is 11.8. The number of amides is 1. The van der Waals surface area contributed by atoms with Crippen molar-refractivity contribution in [2.24, 2.45) is 0 Å². The molecule has 1 amide bonds. The number of halogens is 3. The normalized spacial score (nSPS) is 19.1. The summed E-state index contributed by atoms with van der Waals surface area (Å²) in [5, 5.41) is 20.9. The number of carboxylic acid groups (broad SMARTS) is 1. The van der Waals surface area contributed by atoms with Crippen molar-refractivity contribution in [2.75, 3.05) is 18.1 Å². The number of aliphatic hydroxyl groups is 1. The van der Waals surface area contributed by atoms with Gasteiger partial charge in [-0.1, -0.05) is 59.6 Å². The van der Waals surface area contributed by atoms with Crippen LogP contribution in [0.5, 0.6) is 0 Å². The molecule has 1 aliphatic rings. The lowest BCUT2D eigenvalue weighted by molar-refractivity contribution is -0.214. The predicted octanol–water partition coefficient (Wildman–Crippen LogP) is 4.49. The number of carbonyl (C=O) groups excluding carboxylic acids is 1. The number of nitrogens with zero attached hydrogens (tertiary/aromatic N) is 1. The van der Waals surface area contributed by atoms with Crippen molar-refractivity contribution in [3.8, 4) is 0 Å². The van der Waals surface area contributed by atoms with E-state index in [0.717, 1.165) is 11.6 Å². The summed E-state index contributed by atoms with van der Waals surface area (Å²) in [5.74, 6) is -5.19. The summed E-state index contributed by atoms with van der Waals surface area (Å²) in [5.41, 5.74) is -2.63. The molecule has 41 heavy (non-hydrogen) atoms. The molecule has 0 saturated heterocycles. The van der Waals surface area contributed by atoms with Crippen molar-refractivity contribution in [3.63, 3.8) is 0 Å². The standard InChI is InChI=1S/C28H27ClF2N2O7S/c1-18-7-10-21(11-8-18)41(38,39)32-23(15-19-5-3-2-4-6-19)25(34)40-17-27(37)22-16-20(29)9-12-24(22)33(26(35)36)14-13-28(27,30)31/h2-12,16,23,32,37H,13-15,17H2,1H3,(H,35,36)/t23?,27-/m0/s1. The van der Waals surface area contributed by atoms with Gasteiger partial charge in [-0.15, -0.1) is 0 Å². The summed E-state index contributed by atoms with van der Waals surface area (Å²) in [4.78, 5) is 25.6. The van der Waals surface area contributed by atoms with Gasteiger partial charge in [-0.05, 0) is 49.2 Å². The number of aryl methyl sites for hydroxylation is 1. The van der Waals surface area contributed by atoms with Crippen molar-refractivity contribution in [1.29, 1.82) is 0 Å². The van der Waals surface area contributed by atoms with Gasteiger partial charge in [0.15, 0.2) is 5.60 Å². The zero-order valence-electron chi connectivity index (χ0n) is 21.8. The van der Waals surface area contributed by atoms with Crippen LogP contribution in [0, 0.1) is 6.92 Å². The number of carbonyl (C=O) groups is 2. The maximum atomic E-state index is 15.5. The molecule has 0 bridgehead atoms. The van der Waals surface area contributed by atoms with E-state index in [0.29, 0.717) is 10.5 Å². The Balaban J connectivity index is 1.67. The molecule has 13 heteroatoms. The van der Waals surface area contributed by atoms with Gasteiger partial charge in [-0.25, -0.2) is 22.0 Å². The molecule has 218 valence electrons. The van der Waals surface area contributed by atoms with Crippen molar-refractivity contribution >= 4 is 39.4 Å². The van der Waals surface area contributed by atoms with Crippen LogP contribution < -0.4 is 9.62 Å². The van der Waals surface area contributed by atoms with Gasteiger partial charge in [-0.2, -0.15) is 4.72 Å². The van der Waals surface area contributed by atoms with Crippen LogP contribution in [0.1, 0.15) is 23.1 Å². The first-order valence-corrected chi connectivity index (χ1v) is 14.3. The van der Waals surface area contributed by atoms with Gasteiger partial charge < -0.3 is 14.9 Å². The van der Waals surface area contributed by atoms with E-state index >= 15 is 8.78 Å². The largest absolute Gasteiger partial charge is 0.465 e. The summed E-state index contributed by atoms with van der Waals surface area (Å²) in [6.07, 6.45) is -2.80. The highest BCUT2D eigenvalue weighted by atomic mass is 35.5. The summed E-state index contributed by atoms with van der Waals surface area (Å²) < 4.78 is 64.6. The molecule has 0 radical (unpaired) electrons. The van der Waals surface area contributed by atoms with E-state index in [9.17, 15) is 28.2 Å². The van der Waals surface area contributed by atoms with Crippen LogP contribution in [0.3, 0.4) is 0 Å². The predicted molar refractivity (Wildman–Crippen MR) is 147 cm³/mol. The highest BCUT2D eigenvalue weighted by molar-refractivity contribution is 7.89. The monoisotopic (exact) mass is 608 g/mol. The molecule has 3 aromatic carbocycles. The number of fused-ring (bicyclic) bond motifs is 1. The average Bonchev–Trinajstić information content (AvgIpc) is 3.00.